The fourth-order valence-electron chi connectivity index (χ4n) is 4.55. The molecule has 2 heterocycles. The van der Waals surface area contributed by atoms with Gasteiger partial charge in [-0.15, -0.1) is 0 Å². The number of aryl methyl sites for hydroxylation is 1. The zero-order chi connectivity index (χ0) is 18.4. The maximum Gasteiger partial charge on any atom is 0.336 e. The van der Waals surface area contributed by atoms with Crippen LogP contribution < -0.4 is 5.63 Å². The molecular weight excluding hydrogens is 342 g/mol. The predicted molar refractivity (Wildman–Crippen MR) is 102 cm³/mol. The first-order valence-corrected chi connectivity index (χ1v) is 9.33. The third-order valence-corrected chi connectivity index (χ3v) is 5.78. The molecule has 0 saturated carbocycles. The highest BCUT2D eigenvalue weighted by atomic mass is 16.5. The third kappa shape index (κ3) is 2.83. The smallest absolute Gasteiger partial charge is 0.336 e. The molecule has 5 nitrogen and oxygen atoms in total. The molecule has 5 heteroatoms. The molecule has 1 saturated heterocycles. The summed E-state index contributed by atoms with van der Waals surface area (Å²) >= 11 is 0. The number of ether oxygens (including phenoxy) is 1. The van der Waals surface area contributed by atoms with Crippen molar-refractivity contribution in [1.82, 2.24) is 4.90 Å². The molecule has 1 aromatic heterocycles. The summed E-state index contributed by atoms with van der Waals surface area (Å²) in [5, 5.41) is 10.5. The van der Waals surface area contributed by atoms with Gasteiger partial charge in [0.2, 0.25) is 0 Å². The van der Waals surface area contributed by atoms with Crippen LogP contribution in [0.25, 0.3) is 11.0 Å². The molecule has 0 radical (unpaired) electrons. The van der Waals surface area contributed by atoms with E-state index in [1.807, 2.05) is 6.07 Å². The molecule has 2 aliphatic rings. The van der Waals surface area contributed by atoms with Crippen molar-refractivity contribution in [3.63, 3.8) is 0 Å². The summed E-state index contributed by atoms with van der Waals surface area (Å²) in [6.07, 6.45) is 2.04. The van der Waals surface area contributed by atoms with Gasteiger partial charge in [0.05, 0.1) is 6.61 Å². The summed E-state index contributed by atoms with van der Waals surface area (Å²) in [4.78, 5) is 14.3. The number of hydrogen-bond acceptors (Lipinski definition) is 5. The van der Waals surface area contributed by atoms with E-state index < -0.39 is 5.63 Å². The second-order valence-corrected chi connectivity index (χ2v) is 7.48. The minimum atomic E-state index is -0.391. The SMILES string of the molecule is O=c1cc(CN2CCOC3(CCc4ccccc43)C2)c2ccc(O)cc2o1. The van der Waals surface area contributed by atoms with E-state index >= 15 is 0 Å². The van der Waals surface area contributed by atoms with Crippen LogP contribution in [-0.2, 0) is 23.3 Å². The Hall–Kier alpha value is -2.63. The number of hydrogen-bond donors (Lipinski definition) is 1. The van der Waals surface area contributed by atoms with Gasteiger partial charge < -0.3 is 14.3 Å². The average molecular weight is 363 g/mol. The molecule has 3 aromatic rings. The molecule has 1 atom stereocenters. The van der Waals surface area contributed by atoms with Crippen LogP contribution in [0.5, 0.6) is 5.75 Å². The number of nitrogens with zero attached hydrogens (tertiary/aromatic N) is 1. The van der Waals surface area contributed by atoms with Crippen LogP contribution in [0, 0.1) is 0 Å². The van der Waals surface area contributed by atoms with E-state index in [1.165, 1.54) is 17.2 Å². The Balaban J connectivity index is 1.47. The molecule has 1 unspecified atom stereocenters. The van der Waals surface area contributed by atoms with Crippen LogP contribution in [-0.4, -0.2) is 29.7 Å². The Morgan fingerprint density at radius 2 is 2.04 bits per heavy atom. The van der Waals surface area contributed by atoms with E-state index in [9.17, 15) is 9.90 Å². The summed E-state index contributed by atoms with van der Waals surface area (Å²) in [6.45, 7) is 2.96. The highest BCUT2D eigenvalue weighted by Gasteiger charge is 2.43. The molecule has 1 N–H and O–H groups in total. The zero-order valence-corrected chi connectivity index (χ0v) is 15.0. The van der Waals surface area contributed by atoms with Crippen LogP contribution in [0.1, 0.15) is 23.1 Å². The van der Waals surface area contributed by atoms with Crippen molar-refractivity contribution in [1.29, 1.82) is 0 Å². The largest absolute Gasteiger partial charge is 0.508 e. The Labute approximate surface area is 156 Å². The van der Waals surface area contributed by atoms with Gasteiger partial charge in [0.15, 0.2) is 0 Å². The molecule has 0 amide bonds. The number of rotatable bonds is 2. The number of aromatic hydroxyl groups is 1. The maximum atomic E-state index is 12.0. The minimum absolute atomic E-state index is 0.0932. The molecule has 138 valence electrons. The molecule has 1 aliphatic heterocycles. The van der Waals surface area contributed by atoms with Gasteiger partial charge >= 0.3 is 5.63 Å². The molecule has 5 rings (SSSR count). The van der Waals surface area contributed by atoms with Gasteiger partial charge in [-0.05, 0) is 41.7 Å². The van der Waals surface area contributed by atoms with E-state index in [2.05, 4.69) is 29.2 Å². The number of phenolic OH excluding ortho intramolecular Hbond substituents is 1. The number of morpholine rings is 1. The number of benzene rings is 2. The number of phenols is 1. The fourth-order valence-corrected chi connectivity index (χ4v) is 4.55. The van der Waals surface area contributed by atoms with E-state index in [0.717, 1.165) is 36.9 Å². The molecule has 1 aliphatic carbocycles. The van der Waals surface area contributed by atoms with Gasteiger partial charge in [0.25, 0.3) is 0 Å². The van der Waals surface area contributed by atoms with Crippen molar-refractivity contribution in [3.8, 4) is 5.75 Å². The van der Waals surface area contributed by atoms with Crippen LogP contribution in [0.15, 0.2) is 57.7 Å². The minimum Gasteiger partial charge on any atom is -0.508 e. The average Bonchev–Trinajstić information content (AvgIpc) is 2.99. The lowest BCUT2D eigenvalue weighted by Crippen LogP contribution is -2.48. The Kier molecular flexibility index (Phi) is 3.81. The molecule has 1 fully saturated rings. The molecule has 0 bridgehead atoms. The second-order valence-electron chi connectivity index (χ2n) is 7.48. The van der Waals surface area contributed by atoms with E-state index in [4.69, 9.17) is 9.15 Å². The normalized spacial score (nSPS) is 22.4. The quantitative estimate of drug-likeness (QED) is 0.709. The lowest BCUT2D eigenvalue weighted by Gasteiger charge is -2.41. The lowest BCUT2D eigenvalue weighted by atomic mass is 9.93. The van der Waals surface area contributed by atoms with Gasteiger partial charge in [0.1, 0.15) is 16.9 Å². The van der Waals surface area contributed by atoms with Crippen molar-refractivity contribution in [2.24, 2.45) is 0 Å². The van der Waals surface area contributed by atoms with E-state index in [1.54, 1.807) is 12.1 Å². The van der Waals surface area contributed by atoms with Crippen molar-refractivity contribution < 1.29 is 14.3 Å². The second kappa shape index (κ2) is 6.22. The Morgan fingerprint density at radius 3 is 2.96 bits per heavy atom. The Morgan fingerprint density at radius 1 is 1.15 bits per heavy atom. The van der Waals surface area contributed by atoms with E-state index in [-0.39, 0.29) is 11.4 Å². The zero-order valence-electron chi connectivity index (χ0n) is 15.0. The standard InChI is InChI=1S/C22H21NO4/c24-17-5-6-18-16(11-21(25)27-20(18)12-17)13-23-9-10-26-22(14-23)8-7-15-3-1-2-4-19(15)22/h1-6,11-12,24H,7-10,13-14H2. The Bertz CT molecular complexity index is 1070. The maximum absolute atomic E-state index is 12.0. The van der Waals surface area contributed by atoms with Crippen molar-refractivity contribution in [2.45, 2.75) is 25.0 Å². The van der Waals surface area contributed by atoms with Gasteiger partial charge in [-0.3, -0.25) is 4.90 Å². The summed E-state index contributed by atoms with van der Waals surface area (Å²) < 4.78 is 11.5. The fraction of sp³-hybridized carbons (Fsp3) is 0.318. The van der Waals surface area contributed by atoms with Crippen LogP contribution >= 0.6 is 0 Å². The highest BCUT2D eigenvalue weighted by Crippen LogP contribution is 2.42. The summed E-state index contributed by atoms with van der Waals surface area (Å²) in [7, 11) is 0. The molecule has 2 aromatic carbocycles. The summed E-state index contributed by atoms with van der Waals surface area (Å²) in [5.74, 6) is 0.0932. The van der Waals surface area contributed by atoms with Gasteiger partial charge in [-0.25, -0.2) is 4.79 Å². The van der Waals surface area contributed by atoms with Crippen molar-refractivity contribution >= 4 is 11.0 Å². The van der Waals surface area contributed by atoms with Crippen LogP contribution in [0.3, 0.4) is 0 Å². The summed E-state index contributed by atoms with van der Waals surface area (Å²) in [5.41, 5.74) is 3.38. The van der Waals surface area contributed by atoms with Gasteiger partial charge in [0, 0.05) is 37.2 Å². The van der Waals surface area contributed by atoms with E-state index in [0.29, 0.717) is 18.7 Å². The van der Waals surface area contributed by atoms with Crippen LogP contribution in [0.2, 0.25) is 0 Å². The summed E-state index contributed by atoms with van der Waals surface area (Å²) in [6, 6.07) is 15.0. The van der Waals surface area contributed by atoms with Crippen molar-refractivity contribution in [2.75, 3.05) is 19.7 Å². The monoisotopic (exact) mass is 363 g/mol. The lowest BCUT2D eigenvalue weighted by molar-refractivity contribution is -0.115. The highest BCUT2D eigenvalue weighted by molar-refractivity contribution is 5.81. The van der Waals surface area contributed by atoms with Crippen molar-refractivity contribution in [3.05, 3.63) is 75.6 Å². The van der Waals surface area contributed by atoms with Crippen LogP contribution in [0.4, 0.5) is 0 Å². The first-order chi connectivity index (χ1) is 13.1. The van der Waals surface area contributed by atoms with Gasteiger partial charge in [-0.1, -0.05) is 24.3 Å². The third-order valence-electron chi connectivity index (χ3n) is 5.78. The predicted octanol–water partition coefficient (Wildman–Crippen LogP) is 3.17. The molecular formula is C22H21NO4. The number of fused-ring (bicyclic) bond motifs is 3. The molecule has 27 heavy (non-hydrogen) atoms. The topological polar surface area (TPSA) is 62.9 Å². The molecule has 1 spiro atoms. The first kappa shape index (κ1) is 16.5. The van der Waals surface area contributed by atoms with Gasteiger partial charge in [-0.2, -0.15) is 0 Å². The first-order valence-electron chi connectivity index (χ1n) is 9.33.